The zero-order chi connectivity index (χ0) is 17.0. The van der Waals surface area contributed by atoms with Gasteiger partial charge >= 0.3 is 0 Å². The van der Waals surface area contributed by atoms with E-state index in [9.17, 15) is 4.79 Å². The molecule has 0 saturated heterocycles. The van der Waals surface area contributed by atoms with Gasteiger partial charge < -0.3 is 4.90 Å². The molecule has 5 nitrogen and oxygen atoms in total. The average Bonchev–Trinajstić information content (AvgIpc) is 3.10. The molecular formula is C16H24N4OS2. The molecule has 0 spiro atoms. The van der Waals surface area contributed by atoms with Crippen LogP contribution in [-0.4, -0.2) is 43.3 Å². The normalized spacial score (nSPS) is 12.8. The van der Waals surface area contributed by atoms with Crippen LogP contribution in [0.2, 0.25) is 0 Å². The van der Waals surface area contributed by atoms with Crippen LogP contribution >= 0.6 is 23.1 Å². The fourth-order valence-corrected chi connectivity index (χ4v) is 4.02. The maximum Gasteiger partial charge on any atom is 0.236 e. The lowest BCUT2D eigenvalue weighted by Crippen LogP contribution is -2.45. The van der Waals surface area contributed by atoms with Crippen LogP contribution in [0.3, 0.4) is 0 Å². The summed E-state index contributed by atoms with van der Waals surface area (Å²) >= 11 is 3.11. The summed E-state index contributed by atoms with van der Waals surface area (Å²) in [7, 11) is 0. The zero-order valence-electron chi connectivity index (χ0n) is 14.2. The van der Waals surface area contributed by atoms with E-state index in [1.54, 1.807) is 11.3 Å². The minimum Gasteiger partial charge on any atom is -0.337 e. The Morgan fingerprint density at radius 3 is 2.57 bits per heavy atom. The predicted octanol–water partition coefficient (Wildman–Crippen LogP) is 3.58. The minimum atomic E-state index is -0.204. The molecular weight excluding hydrogens is 328 g/mol. The van der Waals surface area contributed by atoms with Crippen molar-refractivity contribution in [2.24, 2.45) is 0 Å². The summed E-state index contributed by atoms with van der Waals surface area (Å²) in [5, 5.41) is 9.67. The monoisotopic (exact) mass is 352 g/mol. The Labute approximate surface area is 145 Å². The van der Waals surface area contributed by atoms with E-state index < -0.39 is 0 Å². The number of nitrogens with zero attached hydrogens (tertiary/aromatic N) is 3. The second-order valence-corrected chi connectivity index (χ2v) is 8.35. The van der Waals surface area contributed by atoms with Gasteiger partial charge in [0, 0.05) is 23.4 Å². The largest absolute Gasteiger partial charge is 0.337 e. The van der Waals surface area contributed by atoms with Crippen LogP contribution in [0.1, 0.15) is 45.3 Å². The number of aromatic nitrogens is 3. The van der Waals surface area contributed by atoms with Crippen molar-refractivity contribution < 1.29 is 4.79 Å². The lowest BCUT2D eigenvalue weighted by Gasteiger charge is -2.32. The smallest absolute Gasteiger partial charge is 0.236 e. The number of H-pyrrole nitrogens is 1. The average molecular weight is 353 g/mol. The molecule has 2 heterocycles. The van der Waals surface area contributed by atoms with Crippen molar-refractivity contribution in [3.63, 3.8) is 0 Å². The molecule has 0 aliphatic carbocycles. The Morgan fingerprint density at radius 1 is 1.30 bits per heavy atom. The number of thiophene rings is 1. The van der Waals surface area contributed by atoms with E-state index >= 15 is 0 Å². The first-order valence-electron chi connectivity index (χ1n) is 7.81. The van der Waals surface area contributed by atoms with Crippen molar-refractivity contribution in [2.45, 2.75) is 63.5 Å². The number of thioether (sulfide) groups is 1. The Bertz CT molecular complexity index is 614. The van der Waals surface area contributed by atoms with Crippen molar-refractivity contribution in [3.8, 4) is 0 Å². The van der Waals surface area contributed by atoms with Crippen LogP contribution < -0.4 is 0 Å². The molecule has 2 rings (SSSR count). The van der Waals surface area contributed by atoms with E-state index in [1.807, 2.05) is 45.6 Å². The number of hydrogen-bond donors (Lipinski definition) is 1. The number of hydrogen-bond acceptors (Lipinski definition) is 5. The molecule has 0 fully saturated rings. The van der Waals surface area contributed by atoms with Gasteiger partial charge in [-0.1, -0.05) is 17.8 Å². The van der Waals surface area contributed by atoms with Crippen LogP contribution in [0.25, 0.3) is 0 Å². The predicted molar refractivity (Wildman–Crippen MR) is 95.9 cm³/mol. The standard InChI is InChI=1S/C16H24N4OS2/c1-10(2)20(11(3)4)15(21)12(5)23-16-17-14(18-19-16)9-13-7-6-8-22-13/h6-8,10-12H,9H2,1-5H3,(H,17,18,19). The molecule has 0 bridgehead atoms. The lowest BCUT2D eigenvalue weighted by molar-refractivity contribution is -0.133. The van der Waals surface area contributed by atoms with Gasteiger partial charge in [-0.25, -0.2) is 4.98 Å². The molecule has 2 aromatic rings. The van der Waals surface area contributed by atoms with Crippen molar-refractivity contribution in [3.05, 3.63) is 28.2 Å². The van der Waals surface area contributed by atoms with Gasteiger partial charge in [0.15, 0.2) is 0 Å². The van der Waals surface area contributed by atoms with Crippen LogP contribution in [0.5, 0.6) is 0 Å². The number of aromatic amines is 1. The quantitative estimate of drug-likeness (QED) is 0.774. The van der Waals surface area contributed by atoms with E-state index in [1.165, 1.54) is 16.6 Å². The molecule has 0 aliphatic rings. The van der Waals surface area contributed by atoms with E-state index in [-0.39, 0.29) is 23.2 Å². The van der Waals surface area contributed by atoms with Crippen molar-refractivity contribution in [2.75, 3.05) is 0 Å². The number of amides is 1. The summed E-state index contributed by atoms with van der Waals surface area (Å²) in [6, 6.07) is 4.48. The van der Waals surface area contributed by atoms with Gasteiger partial charge in [-0.3, -0.25) is 9.89 Å². The van der Waals surface area contributed by atoms with Gasteiger partial charge in [0.05, 0.1) is 5.25 Å². The van der Waals surface area contributed by atoms with Gasteiger partial charge in [0.2, 0.25) is 11.1 Å². The lowest BCUT2D eigenvalue weighted by atomic mass is 10.2. The first-order valence-corrected chi connectivity index (χ1v) is 9.57. The molecule has 1 unspecified atom stereocenters. The van der Waals surface area contributed by atoms with Crippen molar-refractivity contribution >= 4 is 29.0 Å². The van der Waals surface area contributed by atoms with Crippen LogP contribution in [-0.2, 0) is 11.2 Å². The van der Waals surface area contributed by atoms with E-state index in [2.05, 4.69) is 26.6 Å². The third-order valence-corrected chi connectivity index (χ3v) is 5.26. The molecule has 1 atom stereocenters. The summed E-state index contributed by atoms with van der Waals surface area (Å²) in [5.41, 5.74) is 0. The fourth-order valence-electron chi connectivity index (χ4n) is 2.51. The minimum absolute atomic E-state index is 0.129. The molecule has 0 radical (unpaired) electrons. The number of carbonyl (C=O) groups is 1. The summed E-state index contributed by atoms with van der Waals surface area (Å²) in [4.78, 5) is 20.3. The maximum atomic E-state index is 12.6. The highest BCUT2D eigenvalue weighted by Crippen LogP contribution is 2.23. The number of rotatable bonds is 7. The second kappa shape index (κ2) is 7.97. The highest BCUT2D eigenvalue weighted by atomic mass is 32.2. The maximum absolute atomic E-state index is 12.6. The molecule has 7 heteroatoms. The Morgan fingerprint density at radius 2 is 2.00 bits per heavy atom. The fraction of sp³-hybridized carbons (Fsp3) is 0.562. The molecule has 0 aliphatic heterocycles. The van der Waals surface area contributed by atoms with E-state index in [0.29, 0.717) is 5.16 Å². The summed E-state index contributed by atoms with van der Waals surface area (Å²) in [6.07, 6.45) is 0.748. The molecule has 2 aromatic heterocycles. The van der Waals surface area contributed by atoms with E-state index in [4.69, 9.17) is 0 Å². The topological polar surface area (TPSA) is 61.9 Å². The SMILES string of the molecule is CC(Sc1n[nH]c(Cc2cccs2)n1)C(=O)N(C(C)C)C(C)C. The Hall–Kier alpha value is -1.34. The number of carbonyl (C=O) groups excluding carboxylic acids is 1. The van der Waals surface area contributed by atoms with Crippen LogP contribution in [0, 0.1) is 0 Å². The van der Waals surface area contributed by atoms with Gasteiger partial charge in [-0.2, -0.15) is 0 Å². The zero-order valence-corrected chi connectivity index (χ0v) is 15.9. The highest BCUT2D eigenvalue weighted by molar-refractivity contribution is 8.00. The van der Waals surface area contributed by atoms with Gasteiger partial charge in [0.25, 0.3) is 0 Å². The van der Waals surface area contributed by atoms with Crippen LogP contribution in [0.4, 0.5) is 0 Å². The number of nitrogens with one attached hydrogen (secondary N) is 1. The summed E-state index contributed by atoms with van der Waals surface area (Å²) < 4.78 is 0. The molecule has 0 aromatic carbocycles. The van der Waals surface area contributed by atoms with Crippen LogP contribution in [0.15, 0.2) is 22.7 Å². The van der Waals surface area contributed by atoms with Crippen molar-refractivity contribution in [1.82, 2.24) is 20.1 Å². The van der Waals surface area contributed by atoms with Crippen molar-refractivity contribution in [1.29, 1.82) is 0 Å². The molecule has 0 saturated carbocycles. The second-order valence-electron chi connectivity index (χ2n) is 6.01. The first kappa shape index (κ1) is 18.0. The highest BCUT2D eigenvalue weighted by Gasteiger charge is 2.26. The third kappa shape index (κ3) is 4.81. The molecule has 23 heavy (non-hydrogen) atoms. The third-order valence-electron chi connectivity index (χ3n) is 3.43. The summed E-state index contributed by atoms with van der Waals surface area (Å²) in [5.74, 6) is 0.962. The van der Waals surface area contributed by atoms with Gasteiger partial charge in [-0.15, -0.1) is 16.4 Å². The molecule has 1 N–H and O–H groups in total. The van der Waals surface area contributed by atoms with Gasteiger partial charge in [-0.05, 0) is 46.1 Å². The Balaban J connectivity index is 1.98. The molecule has 1 amide bonds. The summed E-state index contributed by atoms with van der Waals surface area (Å²) in [6.45, 7) is 10.1. The first-order chi connectivity index (χ1) is 10.9. The Kier molecular flexibility index (Phi) is 6.24. The van der Waals surface area contributed by atoms with Gasteiger partial charge in [0.1, 0.15) is 5.82 Å². The molecule has 126 valence electrons. The van der Waals surface area contributed by atoms with E-state index in [0.717, 1.165) is 12.2 Å².